The highest BCUT2D eigenvalue weighted by molar-refractivity contribution is 14.1. The summed E-state index contributed by atoms with van der Waals surface area (Å²) in [7, 11) is 0. The van der Waals surface area contributed by atoms with E-state index in [-0.39, 0.29) is 11.6 Å². The predicted octanol–water partition coefficient (Wildman–Crippen LogP) is 16.1. The van der Waals surface area contributed by atoms with Gasteiger partial charge in [0.05, 0.1) is 0 Å². The number of halogens is 2. The summed E-state index contributed by atoms with van der Waals surface area (Å²) in [6.45, 7) is 0. The molecule has 10 heteroatoms. The normalized spacial score (nSPS) is 10.7. The third-order valence-electron chi connectivity index (χ3n) is 9.97. The van der Waals surface area contributed by atoms with Gasteiger partial charge in [0.2, 0.25) is 0 Å². The first-order chi connectivity index (χ1) is 32.3. The number of rotatable bonds is 16. The van der Waals surface area contributed by atoms with Gasteiger partial charge in [0.25, 0.3) is 0 Å². The van der Waals surface area contributed by atoms with Crippen molar-refractivity contribution in [3.05, 3.63) is 248 Å². The van der Waals surface area contributed by atoms with Gasteiger partial charge in [0, 0.05) is 29.4 Å². The minimum Gasteiger partial charge on any atom is -0.457 e. The Morgan fingerprint density at radius 3 is 0.803 bits per heavy atom. The van der Waals surface area contributed by atoms with E-state index in [9.17, 15) is 9.59 Å². The van der Waals surface area contributed by atoms with E-state index in [1.54, 1.807) is 72.8 Å². The summed E-state index contributed by atoms with van der Waals surface area (Å²) in [4.78, 5) is 26.4. The molecule has 66 heavy (non-hydrogen) atoms. The van der Waals surface area contributed by atoms with Crippen molar-refractivity contribution in [3.8, 4) is 69.0 Å². The minimum atomic E-state index is -0.129. The third kappa shape index (κ3) is 11.4. The molecule has 0 aliphatic carbocycles. The van der Waals surface area contributed by atoms with Crippen molar-refractivity contribution < 1.29 is 38.0 Å². The van der Waals surface area contributed by atoms with Gasteiger partial charge in [-0.3, -0.25) is 9.59 Å². The second-order valence-corrected chi connectivity index (χ2v) is 17.1. The highest BCUT2D eigenvalue weighted by Crippen LogP contribution is 2.33. The van der Waals surface area contributed by atoms with E-state index in [4.69, 9.17) is 28.4 Å². The quantitative estimate of drug-likeness (QED) is 0.0698. The fourth-order valence-electron chi connectivity index (χ4n) is 6.62. The van der Waals surface area contributed by atoms with E-state index in [2.05, 4.69) is 45.2 Å². The van der Waals surface area contributed by atoms with Crippen LogP contribution in [0.4, 0.5) is 0 Å². The minimum absolute atomic E-state index is 0.0416. The van der Waals surface area contributed by atoms with E-state index < -0.39 is 0 Å². The van der Waals surface area contributed by atoms with E-state index in [0.29, 0.717) is 79.7 Å². The fraction of sp³-hybridized carbons (Fsp3) is 0. The number of hydrogen-bond acceptors (Lipinski definition) is 8. The maximum Gasteiger partial charge on any atom is 0.194 e. The lowest BCUT2D eigenvalue weighted by molar-refractivity contribution is 0.103. The average molecular weight is 1090 g/mol. The molecule has 8 nitrogen and oxygen atoms in total. The summed E-state index contributed by atoms with van der Waals surface area (Å²) in [5.41, 5.74) is 2.29. The second kappa shape index (κ2) is 20.6. The molecule has 0 N–H and O–H groups in total. The van der Waals surface area contributed by atoms with Crippen molar-refractivity contribution in [1.29, 1.82) is 0 Å². The molecule has 0 radical (unpaired) electrons. The molecule has 0 aliphatic rings. The number of carbonyl (C=O) groups is 2. The Kier molecular flexibility index (Phi) is 13.7. The van der Waals surface area contributed by atoms with Gasteiger partial charge < -0.3 is 28.4 Å². The predicted molar refractivity (Wildman–Crippen MR) is 271 cm³/mol. The van der Waals surface area contributed by atoms with Crippen LogP contribution < -0.4 is 28.4 Å². The molecule has 0 amide bonds. The Labute approximate surface area is 408 Å². The molecular weight excluding hydrogens is 1050 g/mol. The van der Waals surface area contributed by atoms with Crippen LogP contribution in [0, 0.1) is 7.14 Å². The molecule has 9 rings (SSSR count). The van der Waals surface area contributed by atoms with Crippen LogP contribution in [0.25, 0.3) is 0 Å². The first-order valence-electron chi connectivity index (χ1n) is 20.6. The summed E-state index contributed by atoms with van der Waals surface area (Å²) in [5, 5.41) is 0. The largest absolute Gasteiger partial charge is 0.457 e. The van der Waals surface area contributed by atoms with Gasteiger partial charge in [0.1, 0.15) is 69.0 Å². The summed E-state index contributed by atoms with van der Waals surface area (Å²) >= 11 is 4.38. The Balaban J connectivity index is 0.720. The lowest BCUT2D eigenvalue weighted by Crippen LogP contribution is -2.04. The van der Waals surface area contributed by atoms with Gasteiger partial charge in [-0.15, -0.1) is 0 Å². The summed E-state index contributed by atoms with van der Waals surface area (Å²) in [5.74, 6) is 7.68. The Bertz CT molecular complexity index is 3070. The van der Waals surface area contributed by atoms with E-state index >= 15 is 0 Å². The van der Waals surface area contributed by atoms with Crippen molar-refractivity contribution in [1.82, 2.24) is 0 Å². The molecular formula is C56H36I2O8. The summed E-state index contributed by atoms with van der Waals surface area (Å²) in [6.07, 6.45) is 0. The van der Waals surface area contributed by atoms with Crippen molar-refractivity contribution in [2.75, 3.05) is 0 Å². The van der Waals surface area contributed by atoms with Crippen molar-refractivity contribution in [2.45, 2.75) is 0 Å². The first-order valence-corrected chi connectivity index (χ1v) is 22.8. The molecule has 0 unspecified atom stereocenters. The van der Waals surface area contributed by atoms with Gasteiger partial charge >= 0.3 is 0 Å². The Morgan fingerprint density at radius 1 is 0.273 bits per heavy atom. The molecule has 0 atom stereocenters. The van der Waals surface area contributed by atoms with Crippen molar-refractivity contribution in [2.24, 2.45) is 0 Å². The van der Waals surface area contributed by atoms with Gasteiger partial charge in [0.15, 0.2) is 11.6 Å². The van der Waals surface area contributed by atoms with Crippen LogP contribution in [0.2, 0.25) is 0 Å². The number of ether oxygens (including phenoxy) is 6. The molecule has 0 saturated heterocycles. The van der Waals surface area contributed by atoms with Gasteiger partial charge in [-0.25, -0.2) is 0 Å². The van der Waals surface area contributed by atoms with Crippen LogP contribution in [0.15, 0.2) is 218 Å². The van der Waals surface area contributed by atoms with Crippen LogP contribution in [-0.2, 0) is 0 Å². The molecule has 9 aromatic carbocycles. The smallest absolute Gasteiger partial charge is 0.194 e. The first kappa shape index (κ1) is 43.8. The molecule has 0 aromatic heterocycles. The van der Waals surface area contributed by atoms with Crippen molar-refractivity contribution in [3.63, 3.8) is 0 Å². The van der Waals surface area contributed by atoms with Crippen LogP contribution in [0.1, 0.15) is 31.8 Å². The van der Waals surface area contributed by atoms with Crippen LogP contribution in [0.5, 0.6) is 69.0 Å². The number of ketones is 2. The number of para-hydroxylation sites is 1. The molecule has 0 fully saturated rings. The fourth-order valence-corrected chi connectivity index (χ4v) is 7.70. The molecule has 0 aliphatic heterocycles. The standard InChI is InChI=1S/C56H36I2O8/c57-40-12-35-54(58)53(36-40)56(60)39-10-17-44(18-11-39)62-42-13-6-37(7-14-42)55(59)38-8-15-43(16-9-38)63-46-23-25-48(26-24-46)65-50-31-33-52(34-32-50)66-51-29-27-49(28-30-51)64-47-21-19-45(20-22-47)61-41-4-2-1-3-5-41/h1-36H. The summed E-state index contributed by atoms with van der Waals surface area (Å²) < 4.78 is 37.9. The zero-order valence-corrected chi connectivity index (χ0v) is 39.1. The molecule has 0 saturated carbocycles. The van der Waals surface area contributed by atoms with Crippen LogP contribution in [-0.4, -0.2) is 11.6 Å². The molecule has 0 bridgehead atoms. The molecule has 0 spiro atoms. The van der Waals surface area contributed by atoms with E-state index in [0.717, 1.165) is 18.6 Å². The van der Waals surface area contributed by atoms with Crippen molar-refractivity contribution >= 4 is 56.7 Å². The number of benzene rings is 9. The summed E-state index contributed by atoms with van der Waals surface area (Å²) in [6, 6.07) is 65.9. The van der Waals surface area contributed by atoms with Gasteiger partial charge in [-0.05, 0) is 245 Å². The van der Waals surface area contributed by atoms with E-state index in [1.807, 2.05) is 146 Å². The Hall–Kier alpha value is -7.42. The molecule has 9 aromatic rings. The van der Waals surface area contributed by atoms with Crippen LogP contribution >= 0.6 is 45.2 Å². The monoisotopic (exact) mass is 1090 g/mol. The van der Waals surface area contributed by atoms with E-state index in [1.165, 1.54) is 0 Å². The zero-order valence-electron chi connectivity index (χ0n) is 34.8. The molecule has 0 heterocycles. The lowest BCUT2D eigenvalue weighted by atomic mass is 10.0. The zero-order chi connectivity index (χ0) is 45.2. The molecule has 322 valence electrons. The topological polar surface area (TPSA) is 89.5 Å². The SMILES string of the molecule is O=C(c1ccc(Oc2ccc(Oc3ccc(Oc4ccc(Oc5ccc(Oc6ccccc6)cc5)cc4)cc3)cc2)cc1)c1ccc(Oc2ccc(C(=O)c3cc(I)ccc3I)cc2)cc1. The van der Waals surface area contributed by atoms with Gasteiger partial charge in [-0.1, -0.05) is 18.2 Å². The number of hydrogen-bond donors (Lipinski definition) is 0. The maximum absolute atomic E-state index is 13.3. The second-order valence-electron chi connectivity index (χ2n) is 14.7. The number of carbonyl (C=O) groups excluding carboxylic acids is 2. The maximum atomic E-state index is 13.3. The van der Waals surface area contributed by atoms with Crippen LogP contribution in [0.3, 0.4) is 0 Å². The average Bonchev–Trinajstić information content (AvgIpc) is 3.35. The lowest BCUT2D eigenvalue weighted by Gasteiger charge is -2.11. The highest BCUT2D eigenvalue weighted by Gasteiger charge is 2.15. The Morgan fingerprint density at radius 2 is 0.515 bits per heavy atom. The third-order valence-corrected chi connectivity index (χ3v) is 11.6. The van der Waals surface area contributed by atoms with Gasteiger partial charge in [-0.2, -0.15) is 0 Å². The highest BCUT2D eigenvalue weighted by atomic mass is 127.